The Labute approximate surface area is 124 Å². The van der Waals surface area contributed by atoms with Crippen molar-refractivity contribution in [1.82, 2.24) is 5.32 Å². The van der Waals surface area contributed by atoms with Gasteiger partial charge in [0.15, 0.2) is 0 Å². The molecule has 5 nitrogen and oxygen atoms in total. The van der Waals surface area contributed by atoms with Crippen LogP contribution >= 0.6 is 11.6 Å². The second-order valence-corrected chi connectivity index (χ2v) is 4.94. The van der Waals surface area contributed by atoms with Crippen LogP contribution in [0.25, 0.3) is 0 Å². The van der Waals surface area contributed by atoms with Crippen molar-refractivity contribution in [3.8, 4) is 5.75 Å². The molecule has 112 valence electrons. The van der Waals surface area contributed by atoms with Gasteiger partial charge in [-0.15, -0.1) is 0 Å². The van der Waals surface area contributed by atoms with Gasteiger partial charge in [-0.3, -0.25) is 0 Å². The van der Waals surface area contributed by atoms with Crippen LogP contribution in [-0.2, 0) is 0 Å². The zero-order valence-electron chi connectivity index (χ0n) is 12.0. The van der Waals surface area contributed by atoms with E-state index in [0.29, 0.717) is 35.8 Å². The molecule has 0 radical (unpaired) electrons. The molecule has 1 rings (SSSR count). The van der Waals surface area contributed by atoms with Crippen LogP contribution in [0.1, 0.15) is 25.3 Å². The molecule has 0 aliphatic carbocycles. The van der Waals surface area contributed by atoms with Crippen molar-refractivity contribution in [1.29, 1.82) is 0 Å². The van der Waals surface area contributed by atoms with Crippen LogP contribution in [0.15, 0.2) is 12.1 Å². The maximum Gasteiger partial charge on any atom is 0.319 e. The highest BCUT2D eigenvalue weighted by Crippen LogP contribution is 2.30. The Kier molecular flexibility index (Phi) is 6.61. The zero-order valence-corrected chi connectivity index (χ0v) is 12.8. The van der Waals surface area contributed by atoms with Gasteiger partial charge in [-0.05, 0) is 31.4 Å². The lowest BCUT2D eigenvalue weighted by Crippen LogP contribution is -2.31. The van der Waals surface area contributed by atoms with Gasteiger partial charge in [0, 0.05) is 17.6 Å². The Balaban J connectivity index is 2.59. The van der Waals surface area contributed by atoms with E-state index in [4.69, 9.17) is 16.3 Å². The van der Waals surface area contributed by atoms with Crippen LogP contribution in [-0.4, -0.2) is 30.9 Å². The van der Waals surface area contributed by atoms with Gasteiger partial charge in [-0.25, -0.2) is 4.79 Å². The van der Waals surface area contributed by atoms with E-state index in [2.05, 4.69) is 10.6 Å². The molecule has 1 unspecified atom stereocenters. The van der Waals surface area contributed by atoms with Crippen molar-refractivity contribution in [3.63, 3.8) is 0 Å². The standard InChI is InChI=1S/C14H21ClN2O3/c1-4-10(18)5-6-16-14(19)17-12-7-9(2)11(15)8-13(12)20-3/h7-8,10,18H,4-6H2,1-3H3,(H2,16,17,19). The quantitative estimate of drug-likeness (QED) is 0.756. The topological polar surface area (TPSA) is 70.6 Å². The van der Waals surface area contributed by atoms with Crippen molar-refractivity contribution in [2.75, 3.05) is 19.0 Å². The highest BCUT2D eigenvalue weighted by atomic mass is 35.5. The number of urea groups is 1. The van der Waals surface area contributed by atoms with Crippen molar-refractivity contribution in [2.24, 2.45) is 0 Å². The van der Waals surface area contributed by atoms with Gasteiger partial charge in [0.1, 0.15) is 5.75 Å². The molecule has 2 amide bonds. The van der Waals surface area contributed by atoms with Gasteiger partial charge in [0.2, 0.25) is 0 Å². The molecule has 0 spiro atoms. The summed E-state index contributed by atoms with van der Waals surface area (Å²) in [4.78, 5) is 11.8. The molecule has 0 saturated carbocycles. The molecule has 20 heavy (non-hydrogen) atoms. The van der Waals surface area contributed by atoms with E-state index >= 15 is 0 Å². The number of carbonyl (C=O) groups excluding carboxylic acids is 1. The number of aryl methyl sites for hydroxylation is 1. The molecular weight excluding hydrogens is 280 g/mol. The number of methoxy groups -OCH3 is 1. The lowest BCUT2D eigenvalue weighted by molar-refractivity contribution is 0.160. The van der Waals surface area contributed by atoms with Crippen molar-refractivity contribution in [3.05, 3.63) is 22.7 Å². The molecule has 1 atom stereocenters. The molecule has 1 aromatic rings. The summed E-state index contributed by atoms with van der Waals surface area (Å²) in [5.41, 5.74) is 1.41. The summed E-state index contributed by atoms with van der Waals surface area (Å²) in [5.74, 6) is 0.504. The second kappa shape index (κ2) is 7.97. The van der Waals surface area contributed by atoms with Gasteiger partial charge < -0.3 is 20.5 Å². The minimum Gasteiger partial charge on any atom is -0.495 e. The van der Waals surface area contributed by atoms with Crippen LogP contribution in [0.5, 0.6) is 5.75 Å². The smallest absolute Gasteiger partial charge is 0.319 e. The molecule has 0 bridgehead atoms. The van der Waals surface area contributed by atoms with Crippen molar-refractivity contribution >= 4 is 23.3 Å². The third-order valence-corrected chi connectivity index (χ3v) is 3.37. The zero-order chi connectivity index (χ0) is 15.1. The molecule has 0 saturated heterocycles. The summed E-state index contributed by atoms with van der Waals surface area (Å²) in [6, 6.07) is 3.07. The first-order chi connectivity index (χ1) is 9.47. The van der Waals surface area contributed by atoms with E-state index in [1.54, 1.807) is 12.1 Å². The Bertz CT molecular complexity index is 466. The van der Waals surface area contributed by atoms with E-state index in [1.165, 1.54) is 7.11 Å². The summed E-state index contributed by atoms with van der Waals surface area (Å²) in [6.45, 7) is 4.16. The molecule has 0 heterocycles. The summed E-state index contributed by atoms with van der Waals surface area (Å²) in [7, 11) is 1.52. The van der Waals surface area contributed by atoms with Gasteiger partial charge in [0.05, 0.1) is 18.9 Å². The third-order valence-electron chi connectivity index (χ3n) is 2.96. The molecule has 0 aliphatic rings. The molecule has 0 fully saturated rings. The van der Waals surface area contributed by atoms with Gasteiger partial charge in [0.25, 0.3) is 0 Å². The van der Waals surface area contributed by atoms with E-state index in [1.807, 2.05) is 13.8 Å². The number of halogens is 1. The Morgan fingerprint density at radius 1 is 1.50 bits per heavy atom. The summed E-state index contributed by atoms with van der Waals surface area (Å²) >= 11 is 6.00. The molecule has 1 aromatic carbocycles. The van der Waals surface area contributed by atoms with Gasteiger partial charge >= 0.3 is 6.03 Å². The van der Waals surface area contributed by atoms with E-state index in [0.717, 1.165) is 5.56 Å². The Morgan fingerprint density at radius 3 is 2.80 bits per heavy atom. The number of rotatable bonds is 6. The minimum absolute atomic E-state index is 0.340. The number of aliphatic hydroxyl groups is 1. The van der Waals surface area contributed by atoms with Crippen LogP contribution in [0, 0.1) is 6.92 Å². The number of benzene rings is 1. The van der Waals surface area contributed by atoms with E-state index < -0.39 is 0 Å². The first-order valence-corrected chi connectivity index (χ1v) is 6.92. The number of ether oxygens (including phenoxy) is 1. The first kappa shape index (κ1) is 16.6. The van der Waals surface area contributed by atoms with Crippen molar-refractivity contribution < 1.29 is 14.6 Å². The summed E-state index contributed by atoms with van der Waals surface area (Å²) < 4.78 is 5.18. The van der Waals surface area contributed by atoms with E-state index in [9.17, 15) is 9.90 Å². The number of aliphatic hydroxyl groups excluding tert-OH is 1. The SMILES string of the molecule is CCC(O)CCNC(=O)Nc1cc(C)c(Cl)cc1OC. The monoisotopic (exact) mass is 300 g/mol. The van der Waals surface area contributed by atoms with Crippen LogP contribution in [0.3, 0.4) is 0 Å². The number of carbonyl (C=O) groups is 1. The lowest BCUT2D eigenvalue weighted by atomic mass is 10.2. The van der Waals surface area contributed by atoms with Gasteiger partial charge in [-0.1, -0.05) is 18.5 Å². The molecule has 0 aromatic heterocycles. The Morgan fingerprint density at radius 2 is 2.20 bits per heavy atom. The largest absolute Gasteiger partial charge is 0.495 e. The molecule has 3 N–H and O–H groups in total. The summed E-state index contributed by atoms with van der Waals surface area (Å²) in [6.07, 6.45) is 0.816. The number of anilines is 1. The highest BCUT2D eigenvalue weighted by Gasteiger charge is 2.10. The van der Waals surface area contributed by atoms with Crippen molar-refractivity contribution in [2.45, 2.75) is 32.8 Å². The molecular formula is C14H21ClN2O3. The number of hydrogen-bond donors (Lipinski definition) is 3. The van der Waals surface area contributed by atoms with Gasteiger partial charge in [-0.2, -0.15) is 0 Å². The lowest BCUT2D eigenvalue weighted by Gasteiger charge is -2.13. The number of nitrogens with one attached hydrogen (secondary N) is 2. The highest BCUT2D eigenvalue weighted by molar-refractivity contribution is 6.31. The Hall–Kier alpha value is -1.46. The predicted molar refractivity (Wildman–Crippen MR) is 80.7 cm³/mol. The maximum atomic E-state index is 11.8. The molecule has 6 heteroatoms. The second-order valence-electron chi connectivity index (χ2n) is 4.53. The summed E-state index contributed by atoms with van der Waals surface area (Å²) in [5, 5.41) is 15.4. The maximum absolute atomic E-state index is 11.8. The van der Waals surface area contributed by atoms with Crippen LogP contribution < -0.4 is 15.4 Å². The van der Waals surface area contributed by atoms with Crippen LogP contribution in [0.4, 0.5) is 10.5 Å². The predicted octanol–water partition coefficient (Wildman–Crippen LogP) is 2.94. The average Bonchev–Trinajstić information content (AvgIpc) is 2.42. The first-order valence-electron chi connectivity index (χ1n) is 6.55. The van der Waals surface area contributed by atoms with E-state index in [-0.39, 0.29) is 12.1 Å². The number of amides is 2. The molecule has 0 aliphatic heterocycles. The normalized spacial score (nSPS) is 11.8. The van der Waals surface area contributed by atoms with Crippen LogP contribution in [0.2, 0.25) is 5.02 Å². The third kappa shape index (κ3) is 4.90. The fourth-order valence-corrected chi connectivity index (χ4v) is 1.81. The average molecular weight is 301 g/mol. The fourth-order valence-electron chi connectivity index (χ4n) is 1.65. The number of hydrogen-bond acceptors (Lipinski definition) is 3. The minimum atomic E-state index is -0.386. The fraction of sp³-hybridized carbons (Fsp3) is 0.500.